The highest BCUT2D eigenvalue weighted by Crippen LogP contribution is 2.32. The highest BCUT2D eigenvalue weighted by Gasteiger charge is 2.05. The maximum atomic E-state index is 9.88. The molecular formula is C18H16O. The van der Waals surface area contributed by atoms with Crippen LogP contribution in [0.25, 0.3) is 21.9 Å². The van der Waals surface area contributed by atoms with Crippen LogP contribution in [0.5, 0.6) is 5.75 Å². The number of aryl methyl sites for hydroxylation is 2. The van der Waals surface area contributed by atoms with Crippen LogP contribution in [-0.2, 0) is 0 Å². The second kappa shape index (κ2) is 4.43. The van der Waals surface area contributed by atoms with Gasteiger partial charge in [-0.2, -0.15) is 0 Å². The molecule has 0 aliphatic carbocycles. The third-order valence-corrected chi connectivity index (χ3v) is 3.56. The van der Waals surface area contributed by atoms with E-state index in [2.05, 4.69) is 49.4 Å². The summed E-state index contributed by atoms with van der Waals surface area (Å²) in [7, 11) is 0. The number of benzene rings is 3. The van der Waals surface area contributed by atoms with E-state index in [4.69, 9.17) is 0 Å². The molecule has 1 nitrogen and oxygen atoms in total. The van der Waals surface area contributed by atoms with Gasteiger partial charge in [-0.15, -0.1) is 0 Å². The summed E-state index contributed by atoms with van der Waals surface area (Å²) in [6.07, 6.45) is 0. The third kappa shape index (κ3) is 2.08. The number of aromatic hydroxyl groups is 1. The van der Waals surface area contributed by atoms with E-state index in [9.17, 15) is 5.11 Å². The summed E-state index contributed by atoms with van der Waals surface area (Å²) < 4.78 is 0. The summed E-state index contributed by atoms with van der Waals surface area (Å²) in [5.41, 5.74) is 4.38. The fourth-order valence-electron chi connectivity index (χ4n) is 2.43. The molecule has 3 aromatic carbocycles. The maximum Gasteiger partial charge on any atom is 0.119 e. The van der Waals surface area contributed by atoms with Crippen LogP contribution in [0.15, 0.2) is 54.6 Å². The molecule has 3 aromatic rings. The number of phenolic OH excluding ortho intramolecular Hbond substituents is 1. The van der Waals surface area contributed by atoms with Crippen LogP contribution in [0.1, 0.15) is 11.1 Å². The van der Waals surface area contributed by atoms with E-state index in [1.165, 1.54) is 16.3 Å². The first-order valence-corrected chi connectivity index (χ1v) is 6.44. The molecule has 0 aromatic heterocycles. The monoisotopic (exact) mass is 248 g/mol. The van der Waals surface area contributed by atoms with E-state index in [-0.39, 0.29) is 0 Å². The largest absolute Gasteiger partial charge is 0.508 e. The van der Waals surface area contributed by atoms with Gasteiger partial charge in [-0.3, -0.25) is 0 Å². The van der Waals surface area contributed by atoms with E-state index in [0.717, 1.165) is 16.7 Å². The number of hydrogen-bond acceptors (Lipinski definition) is 1. The zero-order valence-electron chi connectivity index (χ0n) is 11.1. The Morgan fingerprint density at radius 1 is 0.842 bits per heavy atom. The number of hydrogen-bond donors (Lipinski definition) is 1. The lowest BCUT2D eigenvalue weighted by molar-refractivity contribution is 0.471. The second-order valence-corrected chi connectivity index (χ2v) is 5.03. The van der Waals surface area contributed by atoms with E-state index in [1.807, 2.05) is 19.1 Å². The lowest BCUT2D eigenvalue weighted by Crippen LogP contribution is -1.83. The van der Waals surface area contributed by atoms with Crippen LogP contribution in [-0.4, -0.2) is 5.11 Å². The molecule has 94 valence electrons. The molecule has 0 amide bonds. The minimum Gasteiger partial charge on any atom is -0.508 e. The van der Waals surface area contributed by atoms with Gasteiger partial charge in [0.1, 0.15) is 5.75 Å². The van der Waals surface area contributed by atoms with Gasteiger partial charge in [0.15, 0.2) is 0 Å². The topological polar surface area (TPSA) is 20.2 Å². The van der Waals surface area contributed by atoms with Gasteiger partial charge in [0.25, 0.3) is 0 Å². The number of fused-ring (bicyclic) bond motifs is 1. The lowest BCUT2D eigenvalue weighted by atomic mass is 9.96. The summed E-state index contributed by atoms with van der Waals surface area (Å²) in [5, 5.41) is 12.3. The molecule has 19 heavy (non-hydrogen) atoms. The number of rotatable bonds is 1. The van der Waals surface area contributed by atoms with Crippen molar-refractivity contribution in [3.63, 3.8) is 0 Å². The molecule has 0 unspecified atom stereocenters. The van der Waals surface area contributed by atoms with Crippen LogP contribution in [0.2, 0.25) is 0 Å². The lowest BCUT2D eigenvalue weighted by Gasteiger charge is -2.09. The Balaban J connectivity index is 2.27. The minimum atomic E-state index is 0.349. The molecule has 0 aliphatic rings. The molecule has 1 heteroatoms. The van der Waals surface area contributed by atoms with Gasteiger partial charge in [-0.1, -0.05) is 54.1 Å². The first-order valence-electron chi connectivity index (χ1n) is 6.44. The Bertz CT molecular complexity index is 757. The van der Waals surface area contributed by atoms with Crippen LogP contribution >= 0.6 is 0 Å². The van der Waals surface area contributed by atoms with Gasteiger partial charge in [0.05, 0.1) is 0 Å². The van der Waals surface area contributed by atoms with Gasteiger partial charge in [0.2, 0.25) is 0 Å². The van der Waals surface area contributed by atoms with Crippen molar-refractivity contribution >= 4 is 10.8 Å². The SMILES string of the molecule is Cc1ccc2c(-c3ccc(C)c(O)c3)cccc2c1. The third-order valence-electron chi connectivity index (χ3n) is 3.56. The quantitative estimate of drug-likeness (QED) is 0.654. The fourth-order valence-corrected chi connectivity index (χ4v) is 2.43. The van der Waals surface area contributed by atoms with Gasteiger partial charge in [0, 0.05) is 0 Å². The van der Waals surface area contributed by atoms with Crippen LogP contribution in [0.3, 0.4) is 0 Å². The zero-order chi connectivity index (χ0) is 13.4. The summed E-state index contributed by atoms with van der Waals surface area (Å²) in [4.78, 5) is 0. The Hall–Kier alpha value is -2.28. The molecule has 0 radical (unpaired) electrons. The zero-order valence-corrected chi connectivity index (χ0v) is 11.1. The summed E-state index contributed by atoms with van der Waals surface area (Å²) in [6.45, 7) is 4.01. The molecular weight excluding hydrogens is 232 g/mol. The van der Waals surface area contributed by atoms with Crippen molar-refractivity contribution in [1.29, 1.82) is 0 Å². The molecule has 0 spiro atoms. The predicted octanol–water partition coefficient (Wildman–Crippen LogP) is 4.83. The molecule has 0 heterocycles. The summed E-state index contributed by atoms with van der Waals surface area (Å²) >= 11 is 0. The highest BCUT2D eigenvalue weighted by atomic mass is 16.3. The van der Waals surface area contributed by atoms with Crippen molar-refractivity contribution < 1.29 is 5.11 Å². The number of phenols is 1. The molecule has 3 rings (SSSR count). The Kier molecular flexibility index (Phi) is 2.75. The first kappa shape index (κ1) is 11.8. The summed E-state index contributed by atoms with van der Waals surface area (Å²) in [6, 6.07) is 18.6. The molecule has 0 atom stereocenters. The van der Waals surface area contributed by atoms with Crippen molar-refractivity contribution in [2.45, 2.75) is 13.8 Å². The van der Waals surface area contributed by atoms with Gasteiger partial charge in [-0.25, -0.2) is 0 Å². The van der Waals surface area contributed by atoms with Crippen LogP contribution in [0.4, 0.5) is 0 Å². The van der Waals surface area contributed by atoms with E-state index in [1.54, 1.807) is 0 Å². The normalized spacial score (nSPS) is 10.8. The van der Waals surface area contributed by atoms with Gasteiger partial charge >= 0.3 is 0 Å². The molecule has 1 N–H and O–H groups in total. The van der Waals surface area contributed by atoms with Crippen LogP contribution in [0, 0.1) is 13.8 Å². The first-order chi connectivity index (χ1) is 9.15. The average Bonchev–Trinajstić information content (AvgIpc) is 2.41. The standard InChI is InChI=1S/C18H16O/c1-12-6-9-17-14(10-12)4-3-5-16(17)15-8-7-13(2)18(19)11-15/h3-11,19H,1-2H3. The molecule has 0 saturated carbocycles. The van der Waals surface area contributed by atoms with Crippen molar-refractivity contribution in [1.82, 2.24) is 0 Å². The van der Waals surface area contributed by atoms with Crippen LogP contribution < -0.4 is 0 Å². The molecule has 0 bridgehead atoms. The Morgan fingerprint density at radius 3 is 2.47 bits per heavy atom. The highest BCUT2D eigenvalue weighted by molar-refractivity contribution is 5.97. The fraction of sp³-hybridized carbons (Fsp3) is 0.111. The molecule has 0 saturated heterocycles. The second-order valence-electron chi connectivity index (χ2n) is 5.03. The van der Waals surface area contributed by atoms with Gasteiger partial charge < -0.3 is 5.11 Å². The van der Waals surface area contributed by atoms with Crippen molar-refractivity contribution in [3.8, 4) is 16.9 Å². The average molecular weight is 248 g/mol. The van der Waals surface area contributed by atoms with Gasteiger partial charge in [-0.05, 0) is 47.4 Å². The predicted molar refractivity (Wildman–Crippen MR) is 80.5 cm³/mol. The summed E-state index contributed by atoms with van der Waals surface area (Å²) in [5.74, 6) is 0.349. The minimum absolute atomic E-state index is 0.349. The Morgan fingerprint density at radius 2 is 1.68 bits per heavy atom. The van der Waals surface area contributed by atoms with E-state index in [0.29, 0.717) is 5.75 Å². The smallest absolute Gasteiger partial charge is 0.119 e. The van der Waals surface area contributed by atoms with E-state index < -0.39 is 0 Å². The maximum absolute atomic E-state index is 9.88. The van der Waals surface area contributed by atoms with Crippen molar-refractivity contribution in [2.75, 3.05) is 0 Å². The van der Waals surface area contributed by atoms with E-state index >= 15 is 0 Å². The Labute approximate surface area is 113 Å². The molecule has 0 aliphatic heterocycles. The van der Waals surface area contributed by atoms with Crippen molar-refractivity contribution in [2.24, 2.45) is 0 Å². The van der Waals surface area contributed by atoms with Crippen molar-refractivity contribution in [3.05, 3.63) is 65.7 Å². The molecule has 0 fully saturated rings.